The van der Waals surface area contributed by atoms with Gasteiger partial charge in [0, 0.05) is 13.0 Å². The number of likely N-dealkylation sites (N-methyl/N-ethyl adjacent to an activating group) is 1. The van der Waals surface area contributed by atoms with Gasteiger partial charge in [-0.05, 0) is 51.4 Å². The summed E-state index contributed by atoms with van der Waals surface area (Å²) in [5, 5.41) is 0. The quantitative estimate of drug-likeness (QED) is 0.0151. The molecule has 1 aliphatic heterocycles. The largest absolute Gasteiger partial charge is 0.756 e. The maximum atomic E-state index is 12.7. The Morgan fingerprint density at radius 1 is 0.667 bits per heavy atom. The molecule has 54 heavy (non-hydrogen) atoms. The van der Waals surface area contributed by atoms with Crippen LogP contribution in [-0.2, 0) is 32.6 Å². The van der Waals surface area contributed by atoms with Gasteiger partial charge in [-0.2, -0.15) is 0 Å². The van der Waals surface area contributed by atoms with Crippen LogP contribution in [0.15, 0.2) is 36.5 Å². The molecule has 1 fully saturated rings. The van der Waals surface area contributed by atoms with Crippen molar-refractivity contribution in [2.45, 2.75) is 186 Å². The lowest BCUT2D eigenvalue weighted by Gasteiger charge is -2.28. The number of rotatable bonds is 39. The molecule has 0 bridgehead atoms. The molecule has 4 atom stereocenters. The number of hydrogen-bond acceptors (Lipinski definition) is 8. The molecule has 1 saturated heterocycles. The van der Waals surface area contributed by atoms with Crippen molar-refractivity contribution in [2.24, 2.45) is 0 Å². The van der Waals surface area contributed by atoms with Crippen LogP contribution in [0.3, 0.4) is 0 Å². The van der Waals surface area contributed by atoms with E-state index < -0.39 is 19.9 Å². The van der Waals surface area contributed by atoms with Crippen LogP contribution < -0.4 is 4.89 Å². The molecule has 9 nitrogen and oxygen atoms in total. The Morgan fingerprint density at radius 3 is 1.80 bits per heavy atom. The van der Waals surface area contributed by atoms with Crippen LogP contribution in [0.4, 0.5) is 0 Å². The molecule has 0 aromatic rings. The van der Waals surface area contributed by atoms with Gasteiger partial charge in [0.15, 0.2) is 0 Å². The number of quaternary nitrogens is 1. The van der Waals surface area contributed by atoms with E-state index in [0.717, 1.165) is 38.5 Å². The molecule has 1 heterocycles. The first-order chi connectivity index (χ1) is 26.1. The molecule has 0 spiro atoms. The summed E-state index contributed by atoms with van der Waals surface area (Å²) in [5.41, 5.74) is 0. The number of nitrogens with zero attached hydrogens (tertiary/aromatic N) is 1. The summed E-state index contributed by atoms with van der Waals surface area (Å²) in [6.07, 6.45) is 40.4. The van der Waals surface area contributed by atoms with Crippen molar-refractivity contribution < 1.29 is 42.0 Å². The zero-order valence-corrected chi connectivity index (χ0v) is 36.3. The van der Waals surface area contributed by atoms with Crippen molar-refractivity contribution in [3.63, 3.8) is 0 Å². The molecule has 316 valence electrons. The predicted octanol–water partition coefficient (Wildman–Crippen LogP) is 11.0. The Morgan fingerprint density at radius 2 is 1.19 bits per heavy atom. The van der Waals surface area contributed by atoms with E-state index in [0.29, 0.717) is 30.2 Å². The van der Waals surface area contributed by atoms with Gasteiger partial charge in [-0.25, -0.2) is 0 Å². The maximum absolute atomic E-state index is 12.7. The number of hydrogen-bond donors (Lipinski definition) is 0. The maximum Gasteiger partial charge on any atom is 0.306 e. The van der Waals surface area contributed by atoms with E-state index in [9.17, 15) is 14.3 Å². The molecule has 4 unspecified atom stereocenters. The monoisotopic (exact) mass is 784 g/mol. The van der Waals surface area contributed by atoms with Crippen molar-refractivity contribution >= 4 is 13.8 Å². The first-order valence-electron chi connectivity index (χ1n) is 21.8. The highest BCUT2D eigenvalue weighted by atomic mass is 31.2. The topological polar surface area (TPSA) is 107 Å². The van der Waals surface area contributed by atoms with Gasteiger partial charge in [-0.3, -0.25) is 9.36 Å². The summed E-state index contributed by atoms with van der Waals surface area (Å²) >= 11 is 0. The van der Waals surface area contributed by atoms with E-state index >= 15 is 0 Å². The Hall–Kier alpha value is -1.32. The third kappa shape index (κ3) is 34.0. The molecule has 0 saturated carbocycles. The lowest BCUT2D eigenvalue weighted by Crippen LogP contribution is -2.37. The fourth-order valence-electron chi connectivity index (χ4n) is 6.05. The van der Waals surface area contributed by atoms with Crippen molar-refractivity contribution in [2.75, 3.05) is 54.1 Å². The molecule has 1 aliphatic rings. The molecule has 1 rings (SSSR count). The number of esters is 1. The number of allylic oxidation sites excluding steroid dienone is 4. The van der Waals surface area contributed by atoms with Gasteiger partial charge in [-0.15, -0.1) is 0 Å². The second kappa shape index (κ2) is 33.8. The van der Waals surface area contributed by atoms with Gasteiger partial charge < -0.3 is 32.6 Å². The first-order valence-corrected chi connectivity index (χ1v) is 23.3. The van der Waals surface area contributed by atoms with E-state index in [-0.39, 0.29) is 32.3 Å². The minimum Gasteiger partial charge on any atom is -0.756 e. The Balaban J connectivity index is 2.28. The van der Waals surface area contributed by atoms with Crippen LogP contribution in [0.25, 0.3) is 0 Å². The van der Waals surface area contributed by atoms with Crippen molar-refractivity contribution in [3.8, 4) is 0 Å². The summed E-state index contributed by atoms with van der Waals surface area (Å²) in [5.74, 6) is -0.392. The number of unbranched alkanes of at least 4 members (excludes halogenated alkanes) is 17. The number of carbonyl (C=O) groups is 1. The third-order valence-corrected chi connectivity index (χ3v) is 10.6. The lowest BCUT2D eigenvalue weighted by atomic mass is 10.0. The minimum absolute atomic E-state index is 0.0135. The molecule has 0 N–H and O–H groups in total. The van der Waals surface area contributed by atoms with E-state index in [1.807, 2.05) is 21.1 Å². The third-order valence-electron chi connectivity index (χ3n) is 9.60. The summed E-state index contributed by atoms with van der Waals surface area (Å²) in [6.45, 7) is 5.30. The number of phosphoric acid groups is 1. The normalized spacial score (nSPS) is 17.9. The molecule has 10 heteroatoms. The average Bonchev–Trinajstić information content (AvgIpc) is 3.88. The van der Waals surface area contributed by atoms with Crippen LogP contribution >= 0.6 is 7.82 Å². The van der Waals surface area contributed by atoms with Crippen LogP contribution in [0.2, 0.25) is 0 Å². The first kappa shape index (κ1) is 50.7. The standard InChI is InChI=1S/C44H82NO8P/c1-6-8-10-12-14-16-17-18-19-20-22-24-28-32-37-49-39-41(40-51-54(47,48)50-38-36-45(3,4)5)52-44(46)35-31-27-26-30-34-43-42(53-43)33-29-25-23-21-15-13-11-9-7-2/h15,21,25-26,29-30,41-43H,6-14,16-20,22-24,27-28,31-40H2,1-5H3/b21-15-,29-25-,30-26-. The van der Waals surface area contributed by atoms with E-state index in [2.05, 4.69) is 50.3 Å². The molecule has 0 aromatic heterocycles. The summed E-state index contributed by atoms with van der Waals surface area (Å²) in [4.78, 5) is 25.1. The Labute approximate surface area is 331 Å². The Kier molecular flexibility index (Phi) is 31.7. The second-order valence-corrected chi connectivity index (χ2v) is 17.5. The van der Waals surface area contributed by atoms with E-state index in [1.54, 1.807) is 0 Å². The fourth-order valence-corrected chi connectivity index (χ4v) is 6.78. The molecular weight excluding hydrogens is 701 g/mol. The number of epoxide rings is 1. The van der Waals surface area contributed by atoms with E-state index in [1.165, 1.54) is 103 Å². The Bertz CT molecular complexity index is 1030. The fraction of sp³-hybridized carbons (Fsp3) is 0.841. The van der Waals surface area contributed by atoms with Crippen LogP contribution in [0.5, 0.6) is 0 Å². The molecule has 0 aliphatic carbocycles. The summed E-state index contributed by atoms with van der Waals surface area (Å²) in [7, 11) is 1.31. The average molecular weight is 784 g/mol. The van der Waals surface area contributed by atoms with Gasteiger partial charge in [0.25, 0.3) is 7.82 Å². The second-order valence-electron chi connectivity index (χ2n) is 16.1. The van der Waals surface area contributed by atoms with Crippen molar-refractivity contribution in [3.05, 3.63) is 36.5 Å². The zero-order chi connectivity index (χ0) is 39.6. The SMILES string of the molecule is CCCCC/C=C\C/C=C\CC1OC1C/C=C\CCCC(=O)OC(COCCCCCCCCCCCCCCCC)COP(=O)([O-])OCC[N+](C)(C)C. The highest BCUT2D eigenvalue weighted by Gasteiger charge is 2.36. The van der Waals surface area contributed by atoms with Crippen LogP contribution in [-0.4, -0.2) is 82.9 Å². The van der Waals surface area contributed by atoms with Gasteiger partial charge in [-0.1, -0.05) is 147 Å². The van der Waals surface area contributed by atoms with Crippen LogP contribution in [0.1, 0.15) is 168 Å². The number of phosphoric ester groups is 1. The summed E-state index contributed by atoms with van der Waals surface area (Å²) < 4.78 is 40.3. The van der Waals surface area contributed by atoms with E-state index in [4.69, 9.17) is 23.3 Å². The van der Waals surface area contributed by atoms with Crippen molar-refractivity contribution in [1.29, 1.82) is 0 Å². The molecule has 0 aromatic carbocycles. The zero-order valence-electron chi connectivity index (χ0n) is 35.4. The highest BCUT2D eigenvalue weighted by molar-refractivity contribution is 7.45. The predicted molar refractivity (Wildman–Crippen MR) is 221 cm³/mol. The molecule has 0 amide bonds. The highest BCUT2D eigenvalue weighted by Crippen LogP contribution is 2.38. The lowest BCUT2D eigenvalue weighted by molar-refractivity contribution is -0.870. The van der Waals surface area contributed by atoms with Crippen molar-refractivity contribution in [1.82, 2.24) is 0 Å². The van der Waals surface area contributed by atoms with Gasteiger partial charge in [0.2, 0.25) is 0 Å². The molecule has 0 radical (unpaired) electrons. The van der Waals surface area contributed by atoms with Crippen LogP contribution in [0, 0.1) is 0 Å². The number of carbonyl (C=O) groups excluding carboxylic acids is 1. The van der Waals surface area contributed by atoms with Gasteiger partial charge >= 0.3 is 5.97 Å². The molecular formula is C44H82NO8P. The van der Waals surface area contributed by atoms with Gasteiger partial charge in [0.05, 0.1) is 46.6 Å². The smallest absolute Gasteiger partial charge is 0.306 e. The minimum atomic E-state index is -4.54. The summed E-state index contributed by atoms with van der Waals surface area (Å²) in [6, 6.07) is 0. The number of ether oxygens (including phenoxy) is 3. The van der Waals surface area contributed by atoms with Gasteiger partial charge in [0.1, 0.15) is 19.3 Å².